The highest BCUT2D eigenvalue weighted by Crippen LogP contribution is 2.28. The maximum atomic E-state index is 12.9. The van der Waals surface area contributed by atoms with Crippen molar-refractivity contribution in [3.63, 3.8) is 0 Å². The highest BCUT2D eigenvalue weighted by Gasteiger charge is 2.18. The number of hydrogen-bond donors (Lipinski definition) is 2. The summed E-state index contributed by atoms with van der Waals surface area (Å²) < 4.78 is 17.4. The number of carbonyl (C=O) groups is 1. The molecule has 0 saturated heterocycles. The van der Waals surface area contributed by atoms with Crippen LogP contribution >= 0.6 is 0 Å². The van der Waals surface area contributed by atoms with Crippen LogP contribution in [0.1, 0.15) is 24.6 Å². The number of amides is 1. The Kier molecular flexibility index (Phi) is 6.77. The van der Waals surface area contributed by atoms with Crippen molar-refractivity contribution in [1.29, 1.82) is 0 Å². The third kappa shape index (κ3) is 5.01. The van der Waals surface area contributed by atoms with Crippen molar-refractivity contribution in [2.24, 2.45) is 0 Å². The minimum atomic E-state index is -0.300. The van der Waals surface area contributed by atoms with Crippen molar-refractivity contribution in [3.05, 3.63) is 70.3 Å². The van der Waals surface area contributed by atoms with Gasteiger partial charge in [0.2, 0.25) is 11.9 Å². The molecule has 4 rings (SSSR count). The van der Waals surface area contributed by atoms with Crippen LogP contribution in [0.4, 0.5) is 5.82 Å². The number of benzene rings is 1. The van der Waals surface area contributed by atoms with Crippen LogP contribution in [0.25, 0.3) is 17.4 Å². The number of aryl methyl sites for hydroxylation is 1. The van der Waals surface area contributed by atoms with Crippen LogP contribution in [0.15, 0.2) is 57.9 Å². The standard InChI is InChI=1S/C24H25N5O5/c1-4-6-16-13-23(31)27-24(25-16)29-21(14-17(28-29)18-7-5-10-34-18)26-22(30)12-15-8-9-19(32-2)20(11-15)33-3/h5,7-11,13-14H,4,6,12H2,1-3H3,(H,26,30)(H,25,27,31). The summed E-state index contributed by atoms with van der Waals surface area (Å²) in [6, 6.07) is 11.9. The Balaban J connectivity index is 1.66. The lowest BCUT2D eigenvalue weighted by Gasteiger charge is -2.11. The van der Waals surface area contributed by atoms with E-state index in [2.05, 4.69) is 20.4 Å². The normalized spacial score (nSPS) is 10.8. The third-order valence-electron chi connectivity index (χ3n) is 5.05. The van der Waals surface area contributed by atoms with Crippen molar-refractivity contribution in [1.82, 2.24) is 19.7 Å². The average Bonchev–Trinajstić information content (AvgIpc) is 3.49. The van der Waals surface area contributed by atoms with E-state index >= 15 is 0 Å². The van der Waals surface area contributed by atoms with Crippen LogP contribution in [0.2, 0.25) is 0 Å². The maximum absolute atomic E-state index is 12.9. The summed E-state index contributed by atoms with van der Waals surface area (Å²) in [5, 5.41) is 7.38. The van der Waals surface area contributed by atoms with Gasteiger partial charge in [0.25, 0.3) is 5.56 Å². The number of nitrogens with one attached hydrogen (secondary N) is 2. The van der Waals surface area contributed by atoms with Gasteiger partial charge in [-0.25, -0.2) is 4.98 Å². The van der Waals surface area contributed by atoms with Crippen LogP contribution in [0.5, 0.6) is 11.5 Å². The van der Waals surface area contributed by atoms with Gasteiger partial charge >= 0.3 is 0 Å². The average molecular weight is 463 g/mol. The topological polar surface area (TPSA) is 124 Å². The molecule has 10 heteroatoms. The molecule has 0 spiro atoms. The molecule has 176 valence electrons. The third-order valence-corrected chi connectivity index (χ3v) is 5.05. The van der Waals surface area contributed by atoms with Gasteiger partial charge in [0.15, 0.2) is 17.3 Å². The van der Waals surface area contributed by atoms with Crippen molar-refractivity contribution >= 4 is 11.7 Å². The molecule has 0 aliphatic rings. The minimum Gasteiger partial charge on any atom is -0.493 e. The van der Waals surface area contributed by atoms with Gasteiger partial charge in [-0.2, -0.15) is 9.78 Å². The predicted octanol–water partition coefficient (Wildman–Crippen LogP) is 3.37. The molecule has 2 N–H and O–H groups in total. The van der Waals surface area contributed by atoms with E-state index in [1.165, 1.54) is 24.1 Å². The fourth-order valence-corrected chi connectivity index (χ4v) is 3.52. The number of rotatable bonds is 9. The summed E-state index contributed by atoms with van der Waals surface area (Å²) in [6.07, 6.45) is 3.10. The molecule has 0 saturated carbocycles. The Bertz CT molecular complexity index is 1340. The number of anilines is 1. The van der Waals surface area contributed by atoms with Crippen molar-refractivity contribution in [3.8, 4) is 28.9 Å². The van der Waals surface area contributed by atoms with Gasteiger partial charge in [0.05, 0.1) is 26.9 Å². The van der Waals surface area contributed by atoms with Crippen LogP contribution in [-0.2, 0) is 17.6 Å². The summed E-state index contributed by atoms with van der Waals surface area (Å²) in [4.78, 5) is 32.3. The summed E-state index contributed by atoms with van der Waals surface area (Å²) in [5.41, 5.74) is 1.56. The molecule has 0 bridgehead atoms. The van der Waals surface area contributed by atoms with Crippen LogP contribution in [-0.4, -0.2) is 39.9 Å². The maximum Gasteiger partial charge on any atom is 0.252 e. The van der Waals surface area contributed by atoms with Gasteiger partial charge in [-0.1, -0.05) is 19.4 Å². The first kappa shape index (κ1) is 22.8. The van der Waals surface area contributed by atoms with Crippen molar-refractivity contribution in [2.45, 2.75) is 26.2 Å². The van der Waals surface area contributed by atoms with E-state index in [0.29, 0.717) is 40.9 Å². The fraction of sp³-hybridized carbons (Fsp3) is 0.250. The molecule has 1 amide bonds. The number of aromatic nitrogens is 4. The van der Waals surface area contributed by atoms with Crippen LogP contribution in [0, 0.1) is 0 Å². The molecule has 0 fully saturated rings. The number of methoxy groups -OCH3 is 2. The number of hydrogen-bond acceptors (Lipinski definition) is 7. The van der Waals surface area contributed by atoms with E-state index in [9.17, 15) is 9.59 Å². The molecule has 3 heterocycles. The lowest BCUT2D eigenvalue weighted by molar-refractivity contribution is -0.115. The summed E-state index contributed by atoms with van der Waals surface area (Å²) in [5.74, 6) is 1.89. The van der Waals surface area contributed by atoms with Gasteiger partial charge in [-0.3, -0.25) is 14.6 Å². The number of aromatic amines is 1. The molecule has 4 aromatic rings. The molecule has 1 aromatic carbocycles. The van der Waals surface area contributed by atoms with E-state index in [1.807, 2.05) is 6.92 Å². The van der Waals surface area contributed by atoms with Gasteiger partial charge in [0, 0.05) is 17.8 Å². The molecule has 3 aromatic heterocycles. The van der Waals surface area contributed by atoms with Gasteiger partial charge in [0.1, 0.15) is 11.5 Å². The second-order valence-electron chi connectivity index (χ2n) is 7.53. The Hall–Kier alpha value is -4.34. The first-order valence-electron chi connectivity index (χ1n) is 10.8. The molecule has 0 atom stereocenters. The highest BCUT2D eigenvalue weighted by molar-refractivity contribution is 5.92. The van der Waals surface area contributed by atoms with Crippen molar-refractivity contribution in [2.75, 3.05) is 19.5 Å². The highest BCUT2D eigenvalue weighted by atomic mass is 16.5. The Morgan fingerprint density at radius 1 is 1.15 bits per heavy atom. The Morgan fingerprint density at radius 2 is 1.97 bits per heavy atom. The molecule has 34 heavy (non-hydrogen) atoms. The Labute approximate surface area is 195 Å². The monoisotopic (exact) mass is 463 g/mol. The van der Waals surface area contributed by atoms with Crippen molar-refractivity contribution < 1.29 is 18.7 Å². The molecular formula is C24H25N5O5. The number of H-pyrrole nitrogens is 1. The minimum absolute atomic E-state index is 0.0848. The van der Waals surface area contributed by atoms with E-state index in [0.717, 1.165) is 12.0 Å². The van der Waals surface area contributed by atoms with E-state index in [-0.39, 0.29) is 23.8 Å². The molecule has 10 nitrogen and oxygen atoms in total. The van der Waals surface area contributed by atoms with E-state index in [4.69, 9.17) is 13.9 Å². The zero-order valence-corrected chi connectivity index (χ0v) is 19.1. The second-order valence-corrected chi connectivity index (χ2v) is 7.53. The second kappa shape index (κ2) is 10.1. The molecule has 0 unspecified atom stereocenters. The molecular weight excluding hydrogens is 438 g/mol. The number of furan rings is 1. The predicted molar refractivity (Wildman–Crippen MR) is 126 cm³/mol. The number of carbonyl (C=O) groups excluding carboxylic acids is 1. The zero-order valence-electron chi connectivity index (χ0n) is 19.1. The quantitative estimate of drug-likeness (QED) is 0.390. The van der Waals surface area contributed by atoms with Gasteiger partial charge in [-0.15, -0.1) is 0 Å². The largest absolute Gasteiger partial charge is 0.493 e. The molecule has 0 aliphatic carbocycles. The van der Waals surface area contributed by atoms with Gasteiger partial charge in [-0.05, 0) is 36.2 Å². The summed E-state index contributed by atoms with van der Waals surface area (Å²) in [7, 11) is 3.09. The zero-order chi connectivity index (χ0) is 24.1. The Morgan fingerprint density at radius 3 is 2.68 bits per heavy atom. The lowest BCUT2D eigenvalue weighted by Crippen LogP contribution is -2.20. The van der Waals surface area contributed by atoms with Gasteiger partial charge < -0.3 is 19.2 Å². The summed E-state index contributed by atoms with van der Waals surface area (Å²) in [6.45, 7) is 2.01. The number of ether oxygens (including phenoxy) is 2. The molecule has 0 radical (unpaired) electrons. The van der Waals surface area contributed by atoms with E-state index < -0.39 is 0 Å². The van der Waals surface area contributed by atoms with Crippen LogP contribution < -0.4 is 20.3 Å². The van der Waals surface area contributed by atoms with Crippen LogP contribution in [0.3, 0.4) is 0 Å². The first-order valence-corrected chi connectivity index (χ1v) is 10.8. The first-order chi connectivity index (χ1) is 16.5. The summed E-state index contributed by atoms with van der Waals surface area (Å²) >= 11 is 0. The lowest BCUT2D eigenvalue weighted by atomic mass is 10.1. The fourth-order valence-electron chi connectivity index (χ4n) is 3.52. The molecule has 0 aliphatic heterocycles. The SMILES string of the molecule is CCCc1cc(=O)[nH]c(-n2nc(-c3ccco3)cc2NC(=O)Cc2ccc(OC)c(OC)c2)n1. The smallest absolute Gasteiger partial charge is 0.252 e. The van der Waals surface area contributed by atoms with E-state index in [1.54, 1.807) is 43.5 Å². The number of nitrogens with zero attached hydrogens (tertiary/aromatic N) is 3.